The first-order chi connectivity index (χ1) is 7.48. The quantitative estimate of drug-likeness (QED) is 0.847. The topological polar surface area (TPSA) is 59.4 Å². The van der Waals surface area contributed by atoms with Crippen LogP contribution in [0.5, 0.6) is 5.88 Å². The molecule has 1 aromatic heterocycles. The third-order valence-electron chi connectivity index (χ3n) is 3.37. The van der Waals surface area contributed by atoms with E-state index in [0.717, 1.165) is 5.69 Å². The van der Waals surface area contributed by atoms with Crippen LogP contribution in [-0.2, 0) is 4.79 Å². The van der Waals surface area contributed by atoms with Gasteiger partial charge >= 0.3 is 5.97 Å². The van der Waals surface area contributed by atoms with Gasteiger partial charge in [0.05, 0.1) is 13.0 Å². The monoisotopic (exact) mass is 221 g/mol. The summed E-state index contributed by atoms with van der Waals surface area (Å²) in [6.07, 6.45) is 0. The number of methoxy groups -OCH3 is 1. The van der Waals surface area contributed by atoms with Gasteiger partial charge in [0, 0.05) is 17.7 Å². The molecule has 2 rings (SSSR count). The van der Waals surface area contributed by atoms with Gasteiger partial charge in [-0.2, -0.15) is 0 Å². The number of carboxylic acid groups (broad SMARTS) is 1. The lowest BCUT2D eigenvalue weighted by Crippen LogP contribution is -2.03. The lowest BCUT2D eigenvalue weighted by Gasteiger charge is -2.04. The molecule has 0 aromatic carbocycles. The highest BCUT2D eigenvalue weighted by molar-refractivity contribution is 5.77. The molecule has 0 aliphatic heterocycles. The van der Waals surface area contributed by atoms with Gasteiger partial charge in [-0.05, 0) is 11.5 Å². The summed E-state index contributed by atoms with van der Waals surface area (Å²) in [5.41, 5.74) is 0.585. The molecule has 2 atom stereocenters. The molecule has 1 aromatic rings. The van der Waals surface area contributed by atoms with Gasteiger partial charge in [-0.1, -0.05) is 19.9 Å². The molecule has 1 aliphatic carbocycles. The normalized spacial score (nSPS) is 26.2. The second kappa shape index (κ2) is 3.47. The Morgan fingerprint density at radius 2 is 2.19 bits per heavy atom. The number of hydrogen-bond donors (Lipinski definition) is 1. The molecule has 0 saturated heterocycles. The van der Waals surface area contributed by atoms with Gasteiger partial charge < -0.3 is 9.84 Å². The summed E-state index contributed by atoms with van der Waals surface area (Å²) in [4.78, 5) is 15.4. The zero-order valence-corrected chi connectivity index (χ0v) is 9.60. The predicted molar refractivity (Wildman–Crippen MR) is 58.4 cm³/mol. The number of ether oxygens (including phenoxy) is 1. The Bertz CT molecular complexity index is 428. The minimum Gasteiger partial charge on any atom is -0.481 e. The fraction of sp³-hybridized carbons (Fsp3) is 0.500. The highest BCUT2D eigenvalue weighted by Gasteiger charge is 2.63. The van der Waals surface area contributed by atoms with Crippen molar-refractivity contribution in [3.8, 4) is 5.88 Å². The summed E-state index contributed by atoms with van der Waals surface area (Å²) < 4.78 is 5.04. The van der Waals surface area contributed by atoms with Crippen LogP contribution < -0.4 is 4.74 Å². The van der Waals surface area contributed by atoms with E-state index in [1.54, 1.807) is 13.2 Å². The van der Waals surface area contributed by atoms with E-state index in [2.05, 4.69) is 4.98 Å². The summed E-state index contributed by atoms with van der Waals surface area (Å²) in [6.45, 7) is 3.91. The largest absolute Gasteiger partial charge is 0.481 e. The molecule has 1 saturated carbocycles. The fourth-order valence-electron chi connectivity index (χ4n) is 2.37. The maximum atomic E-state index is 11.1. The van der Waals surface area contributed by atoms with Crippen molar-refractivity contribution in [2.24, 2.45) is 11.3 Å². The molecule has 0 bridgehead atoms. The van der Waals surface area contributed by atoms with E-state index in [1.807, 2.05) is 26.0 Å². The first-order valence-electron chi connectivity index (χ1n) is 5.22. The van der Waals surface area contributed by atoms with Crippen molar-refractivity contribution >= 4 is 5.97 Å². The molecule has 0 radical (unpaired) electrons. The van der Waals surface area contributed by atoms with Crippen LogP contribution in [0.25, 0.3) is 0 Å². The van der Waals surface area contributed by atoms with Crippen LogP contribution in [0, 0.1) is 11.3 Å². The second-order valence-electron chi connectivity index (χ2n) is 4.72. The average molecular weight is 221 g/mol. The number of pyridine rings is 1. The van der Waals surface area contributed by atoms with Crippen LogP contribution in [0.15, 0.2) is 18.2 Å². The van der Waals surface area contributed by atoms with Gasteiger partial charge in [-0.25, -0.2) is 4.98 Å². The van der Waals surface area contributed by atoms with Gasteiger partial charge in [0.1, 0.15) is 0 Å². The van der Waals surface area contributed by atoms with Crippen LogP contribution in [-0.4, -0.2) is 23.2 Å². The molecule has 16 heavy (non-hydrogen) atoms. The number of rotatable bonds is 3. The van der Waals surface area contributed by atoms with E-state index in [4.69, 9.17) is 9.84 Å². The zero-order chi connectivity index (χ0) is 11.9. The van der Waals surface area contributed by atoms with Crippen molar-refractivity contribution in [2.45, 2.75) is 19.8 Å². The van der Waals surface area contributed by atoms with Gasteiger partial charge in [-0.3, -0.25) is 4.79 Å². The summed E-state index contributed by atoms with van der Waals surface area (Å²) >= 11 is 0. The van der Waals surface area contributed by atoms with Crippen LogP contribution in [0.2, 0.25) is 0 Å². The molecule has 86 valence electrons. The summed E-state index contributed by atoms with van der Waals surface area (Å²) in [6, 6.07) is 5.46. The van der Waals surface area contributed by atoms with Crippen molar-refractivity contribution in [3.63, 3.8) is 0 Å². The van der Waals surface area contributed by atoms with Gasteiger partial charge in [0.25, 0.3) is 0 Å². The van der Waals surface area contributed by atoms with Crippen molar-refractivity contribution in [1.82, 2.24) is 4.98 Å². The third kappa shape index (κ3) is 1.54. The number of carboxylic acids is 1. The lowest BCUT2D eigenvalue weighted by molar-refractivity contribution is -0.139. The molecule has 1 aliphatic rings. The zero-order valence-electron chi connectivity index (χ0n) is 9.60. The van der Waals surface area contributed by atoms with E-state index >= 15 is 0 Å². The van der Waals surface area contributed by atoms with Crippen molar-refractivity contribution < 1.29 is 14.6 Å². The Hall–Kier alpha value is -1.58. The minimum atomic E-state index is -0.750. The molecule has 4 nitrogen and oxygen atoms in total. The number of nitrogens with zero attached hydrogens (tertiary/aromatic N) is 1. The van der Waals surface area contributed by atoms with Gasteiger partial charge in [0.2, 0.25) is 5.88 Å². The molecule has 0 spiro atoms. The van der Waals surface area contributed by atoms with E-state index in [9.17, 15) is 4.79 Å². The highest BCUT2D eigenvalue weighted by atomic mass is 16.5. The van der Waals surface area contributed by atoms with Crippen molar-refractivity contribution in [3.05, 3.63) is 23.9 Å². The fourth-order valence-corrected chi connectivity index (χ4v) is 2.37. The van der Waals surface area contributed by atoms with Crippen molar-refractivity contribution in [1.29, 1.82) is 0 Å². The first kappa shape index (κ1) is 10.9. The van der Waals surface area contributed by atoms with E-state index in [0.29, 0.717) is 5.88 Å². The van der Waals surface area contributed by atoms with Crippen LogP contribution in [0.4, 0.5) is 0 Å². The molecule has 1 fully saturated rings. The van der Waals surface area contributed by atoms with Crippen LogP contribution in [0.1, 0.15) is 25.5 Å². The van der Waals surface area contributed by atoms with E-state index < -0.39 is 5.97 Å². The molecule has 1 N–H and O–H groups in total. The standard InChI is InChI=1S/C12H15NO3/c1-12(2)9(10(12)11(14)15)7-5-4-6-8(13-7)16-3/h4-6,9-10H,1-3H3,(H,14,15)/t9-,10+/m0/s1. The smallest absolute Gasteiger partial charge is 0.307 e. The predicted octanol–water partition coefficient (Wildman–Crippen LogP) is 1.91. The number of aliphatic carboxylic acids is 1. The molecular formula is C12H15NO3. The van der Waals surface area contributed by atoms with E-state index in [-0.39, 0.29) is 17.3 Å². The summed E-state index contributed by atoms with van der Waals surface area (Å²) in [7, 11) is 1.55. The molecule has 0 amide bonds. The second-order valence-corrected chi connectivity index (χ2v) is 4.72. The highest BCUT2D eigenvalue weighted by Crippen LogP contribution is 2.64. The minimum absolute atomic E-state index is 0.0138. The summed E-state index contributed by atoms with van der Waals surface area (Å²) in [5, 5.41) is 9.09. The van der Waals surface area contributed by atoms with Crippen LogP contribution in [0.3, 0.4) is 0 Å². The van der Waals surface area contributed by atoms with Crippen LogP contribution >= 0.6 is 0 Å². The Balaban J connectivity index is 2.29. The Morgan fingerprint density at radius 1 is 1.50 bits per heavy atom. The molecular weight excluding hydrogens is 206 g/mol. The maximum absolute atomic E-state index is 11.1. The number of carbonyl (C=O) groups is 1. The Morgan fingerprint density at radius 3 is 2.69 bits per heavy atom. The number of hydrogen-bond acceptors (Lipinski definition) is 3. The Labute approximate surface area is 94.3 Å². The van der Waals surface area contributed by atoms with Gasteiger partial charge in [-0.15, -0.1) is 0 Å². The molecule has 0 unspecified atom stereocenters. The van der Waals surface area contributed by atoms with Crippen molar-refractivity contribution in [2.75, 3.05) is 7.11 Å². The lowest BCUT2D eigenvalue weighted by atomic mass is 10.1. The molecule has 1 heterocycles. The molecule has 4 heteroatoms. The number of aromatic nitrogens is 1. The first-order valence-corrected chi connectivity index (χ1v) is 5.22. The average Bonchev–Trinajstić information content (AvgIpc) is 2.82. The Kier molecular flexibility index (Phi) is 2.37. The summed E-state index contributed by atoms with van der Waals surface area (Å²) in [5.74, 6) is -0.573. The van der Waals surface area contributed by atoms with E-state index in [1.165, 1.54) is 0 Å². The maximum Gasteiger partial charge on any atom is 0.307 e. The van der Waals surface area contributed by atoms with Gasteiger partial charge in [0.15, 0.2) is 0 Å². The third-order valence-corrected chi connectivity index (χ3v) is 3.37. The SMILES string of the molecule is COc1cccc([C@H]2[C@H](C(=O)O)C2(C)C)n1.